The molecule has 1 aliphatic rings. The van der Waals surface area contributed by atoms with E-state index in [4.69, 9.17) is 0 Å². The number of aryl methyl sites for hydroxylation is 1. The molecular weight excluding hydrogens is 323 g/mol. The largest absolute Gasteiger partial charge is 0.413 e. The lowest BCUT2D eigenvalue weighted by Gasteiger charge is -2.17. The minimum atomic E-state index is -4.73. The third-order valence-corrected chi connectivity index (χ3v) is 4.62. The molecule has 0 bridgehead atoms. The number of hydrogen-bond donors (Lipinski definition) is 0. The molecule has 2 rings (SSSR count). The van der Waals surface area contributed by atoms with Crippen LogP contribution in [0.4, 0.5) is 18.9 Å². The molecule has 5 nitrogen and oxygen atoms in total. The molecule has 1 saturated heterocycles. The van der Waals surface area contributed by atoms with Crippen LogP contribution in [0, 0.1) is 6.92 Å². The van der Waals surface area contributed by atoms with Crippen molar-refractivity contribution in [3.8, 4) is 0 Å². The SMILES string of the molecule is Cc1cc(N2CCCC2=O)ccc1S(=O)(=O)OCC(F)(F)F. The summed E-state index contributed by atoms with van der Waals surface area (Å²) in [7, 11) is -4.50. The Kier molecular flexibility index (Phi) is 4.48. The second kappa shape index (κ2) is 5.88. The van der Waals surface area contributed by atoms with E-state index in [1.165, 1.54) is 24.0 Å². The molecule has 1 amide bonds. The van der Waals surface area contributed by atoms with E-state index in [0.29, 0.717) is 25.1 Å². The lowest BCUT2D eigenvalue weighted by Crippen LogP contribution is -2.24. The summed E-state index contributed by atoms with van der Waals surface area (Å²) in [4.78, 5) is 12.8. The summed E-state index contributed by atoms with van der Waals surface area (Å²) >= 11 is 0. The molecule has 1 aromatic carbocycles. The molecule has 0 N–H and O–H groups in total. The van der Waals surface area contributed by atoms with Gasteiger partial charge in [-0.1, -0.05) is 0 Å². The van der Waals surface area contributed by atoms with Gasteiger partial charge in [0.1, 0.15) is 0 Å². The topological polar surface area (TPSA) is 63.7 Å². The highest BCUT2D eigenvalue weighted by molar-refractivity contribution is 7.86. The predicted molar refractivity (Wildman–Crippen MR) is 72.0 cm³/mol. The van der Waals surface area contributed by atoms with Crippen LogP contribution in [-0.4, -0.2) is 33.7 Å². The maximum absolute atomic E-state index is 12.1. The molecule has 1 fully saturated rings. The fraction of sp³-hybridized carbons (Fsp3) is 0.462. The fourth-order valence-corrected chi connectivity index (χ4v) is 3.31. The monoisotopic (exact) mass is 337 g/mol. The third kappa shape index (κ3) is 3.77. The minimum Gasteiger partial charge on any atom is -0.312 e. The lowest BCUT2D eigenvalue weighted by atomic mass is 10.2. The average molecular weight is 337 g/mol. The zero-order valence-electron chi connectivity index (χ0n) is 11.7. The van der Waals surface area contributed by atoms with Gasteiger partial charge in [-0.25, -0.2) is 0 Å². The molecule has 1 aliphatic heterocycles. The first kappa shape index (κ1) is 16.8. The Hall–Kier alpha value is -1.61. The Morgan fingerprint density at radius 3 is 2.50 bits per heavy atom. The third-order valence-electron chi connectivity index (χ3n) is 3.19. The van der Waals surface area contributed by atoms with Crippen LogP contribution in [-0.2, 0) is 19.1 Å². The van der Waals surface area contributed by atoms with Gasteiger partial charge in [0, 0.05) is 18.7 Å². The van der Waals surface area contributed by atoms with E-state index in [2.05, 4.69) is 4.18 Å². The van der Waals surface area contributed by atoms with Crippen molar-refractivity contribution < 1.29 is 30.6 Å². The number of benzene rings is 1. The van der Waals surface area contributed by atoms with Gasteiger partial charge >= 0.3 is 6.18 Å². The number of hydrogen-bond acceptors (Lipinski definition) is 4. The highest BCUT2D eigenvalue weighted by Crippen LogP contribution is 2.27. The zero-order chi connectivity index (χ0) is 16.5. The molecule has 0 spiro atoms. The molecule has 0 aliphatic carbocycles. The Labute approximate surface area is 125 Å². The van der Waals surface area contributed by atoms with Gasteiger partial charge in [-0.15, -0.1) is 0 Å². The van der Waals surface area contributed by atoms with Crippen molar-refractivity contribution >= 4 is 21.7 Å². The first-order chi connectivity index (χ1) is 10.1. The van der Waals surface area contributed by atoms with Crippen LogP contribution >= 0.6 is 0 Å². The molecule has 0 saturated carbocycles. The molecule has 0 atom stereocenters. The minimum absolute atomic E-state index is 0.0664. The Bertz CT molecular complexity index is 685. The lowest BCUT2D eigenvalue weighted by molar-refractivity contribution is -0.152. The van der Waals surface area contributed by atoms with Crippen LogP contribution in [0.5, 0.6) is 0 Å². The summed E-state index contributed by atoms with van der Waals surface area (Å²) in [6.45, 7) is 0.101. The summed E-state index contributed by atoms with van der Waals surface area (Å²) in [5.41, 5.74) is 0.745. The van der Waals surface area contributed by atoms with E-state index < -0.39 is 22.9 Å². The molecular formula is C13H14F3NO4S. The molecule has 1 heterocycles. The van der Waals surface area contributed by atoms with E-state index >= 15 is 0 Å². The van der Waals surface area contributed by atoms with Crippen molar-refractivity contribution in [3.05, 3.63) is 23.8 Å². The van der Waals surface area contributed by atoms with Gasteiger partial charge in [-0.2, -0.15) is 21.6 Å². The number of rotatable bonds is 4. The molecule has 1 aromatic rings. The zero-order valence-corrected chi connectivity index (χ0v) is 12.5. The van der Waals surface area contributed by atoms with E-state index in [0.717, 1.165) is 6.07 Å². The number of carbonyl (C=O) groups is 1. The van der Waals surface area contributed by atoms with Gasteiger partial charge < -0.3 is 4.90 Å². The van der Waals surface area contributed by atoms with E-state index in [-0.39, 0.29) is 16.4 Å². The molecule has 0 aromatic heterocycles. The van der Waals surface area contributed by atoms with Crippen molar-refractivity contribution in [2.24, 2.45) is 0 Å². The number of anilines is 1. The highest BCUT2D eigenvalue weighted by Gasteiger charge is 2.32. The summed E-state index contributed by atoms with van der Waals surface area (Å²) in [6, 6.07) is 4.00. The molecule has 0 unspecified atom stereocenters. The number of halogens is 3. The van der Waals surface area contributed by atoms with Crippen LogP contribution < -0.4 is 4.90 Å². The summed E-state index contributed by atoms with van der Waals surface area (Å²) in [5, 5.41) is 0. The first-order valence-corrected chi connectivity index (χ1v) is 7.88. The number of amides is 1. The molecule has 122 valence electrons. The summed E-state index contributed by atoms with van der Waals surface area (Å²) in [5.74, 6) is -0.0664. The van der Waals surface area contributed by atoms with Gasteiger partial charge in [-0.3, -0.25) is 8.98 Å². The van der Waals surface area contributed by atoms with Crippen molar-refractivity contribution in [2.45, 2.75) is 30.8 Å². The van der Waals surface area contributed by atoms with Gasteiger partial charge in [0.15, 0.2) is 6.61 Å². The smallest absolute Gasteiger partial charge is 0.312 e. The van der Waals surface area contributed by atoms with Gasteiger partial charge in [-0.05, 0) is 37.1 Å². The Balaban J connectivity index is 2.24. The van der Waals surface area contributed by atoms with E-state index in [1.807, 2.05) is 0 Å². The molecule has 9 heteroatoms. The number of alkyl halides is 3. The highest BCUT2D eigenvalue weighted by atomic mass is 32.2. The maximum Gasteiger partial charge on any atom is 0.413 e. The van der Waals surface area contributed by atoms with Crippen LogP contribution in [0.1, 0.15) is 18.4 Å². The number of nitrogens with zero attached hydrogens (tertiary/aromatic N) is 1. The first-order valence-electron chi connectivity index (χ1n) is 6.47. The Morgan fingerprint density at radius 1 is 1.32 bits per heavy atom. The summed E-state index contributed by atoms with van der Waals surface area (Å²) in [6.07, 6.45) is -3.59. The van der Waals surface area contributed by atoms with Crippen molar-refractivity contribution in [2.75, 3.05) is 18.1 Å². The maximum atomic E-state index is 12.1. The second-order valence-corrected chi connectivity index (χ2v) is 6.51. The van der Waals surface area contributed by atoms with E-state index in [9.17, 15) is 26.4 Å². The average Bonchev–Trinajstić information content (AvgIpc) is 2.82. The van der Waals surface area contributed by atoms with E-state index in [1.54, 1.807) is 0 Å². The molecule has 0 radical (unpaired) electrons. The Morgan fingerprint density at radius 2 is 2.00 bits per heavy atom. The standard InChI is InChI=1S/C13H14F3NO4S/c1-9-7-10(17-6-2-3-12(17)18)4-5-11(9)22(19,20)21-8-13(14,15)16/h4-5,7H,2-3,6,8H2,1H3. The van der Waals surface area contributed by atoms with Crippen LogP contribution in [0.25, 0.3) is 0 Å². The summed E-state index contributed by atoms with van der Waals surface area (Å²) < 4.78 is 63.8. The van der Waals surface area contributed by atoms with Crippen molar-refractivity contribution in [1.82, 2.24) is 0 Å². The van der Waals surface area contributed by atoms with Gasteiger partial charge in [0.05, 0.1) is 4.90 Å². The fourth-order valence-electron chi connectivity index (χ4n) is 2.21. The normalized spacial score (nSPS) is 16.4. The van der Waals surface area contributed by atoms with Crippen molar-refractivity contribution in [1.29, 1.82) is 0 Å². The van der Waals surface area contributed by atoms with Gasteiger partial charge in [0.2, 0.25) is 5.91 Å². The second-order valence-electron chi connectivity index (χ2n) is 4.93. The van der Waals surface area contributed by atoms with Crippen molar-refractivity contribution in [3.63, 3.8) is 0 Å². The van der Waals surface area contributed by atoms with Crippen LogP contribution in [0.15, 0.2) is 23.1 Å². The predicted octanol–water partition coefficient (Wildman–Crippen LogP) is 2.39. The van der Waals surface area contributed by atoms with Crippen LogP contribution in [0.2, 0.25) is 0 Å². The molecule has 22 heavy (non-hydrogen) atoms. The van der Waals surface area contributed by atoms with Crippen LogP contribution in [0.3, 0.4) is 0 Å². The quantitative estimate of drug-likeness (QED) is 0.792. The number of carbonyl (C=O) groups excluding carboxylic acids is 1. The van der Waals surface area contributed by atoms with Gasteiger partial charge in [0.25, 0.3) is 10.1 Å².